The number of fused-ring (bicyclic) bond motifs is 2. The summed E-state index contributed by atoms with van der Waals surface area (Å²) < 4.78 is 5.50. The number of aromatic nitrogens is 2. The van der Waals surface area contributed by atoms with Crippen LogP contribution in [0.15, 0.2) is 85.2 Å². The van der Waals surface area contributed by atoms with E-state index in [2.05, 4.69) is 9.97 Å². The number of halogens is 2. The van der Waals surface area contributed by atoms with Gasteiger partial charge in [0.2, 0.25) is 0 Å². The maximum absolute atomic E-state index is 13.5. The van der Waals surface area contributed by atoms with E-state index in [1.807, 2.05) is 54.6 Å². The molecular weight excluding hydrogens is 651 g/mol. The van der Waals surface area contributed by atoms with Crippen molar-refractivity contribution in [1.82, 2.24) is 9.97 Å². The summed E-state index contributed by atoms with van der Waals surface area (Å²) in [7, 11) is 0. The number of rotatable bonds is 8. The van der Waals surface area contributed by atoms with Gasteiger partial charge < -0.3 is 19.8 Å². The summed E-state index contributed by atoms with van der Waals surface area (Å²) in [5, 5.41) is 11.9. The van der Waals surface area contributed by atoms with E-state index in [-0.39, 0.29) is 5.56 Å². The number of carboxylic acids is 1. The van der Waals surface area contributed by atoms with Crippen LogP contribution in [0.2, 0.25) is 10.0 Å². The lowest BCUT2D eigenvalue weighted by atomic mass is 9.93. The Morgan fingerprint density at radius 3 is 1.73 bits per heavy atom. The zero-order chi connectivity index (χ0) is 33.4. The van der Waals surface area contributed by atoms with Gasteiger partial charge in [-0.15, -0.1) is 0 Å². The predicted octanol–water partition coefficient (Wildman–Crippen LogP) is 8.63. The van der Waals surface area contributed by atoms with Crippen molar-refractivity contribution in [3.8, 4) is 22.3 Å². The van der Waals surface area contributed by atoms with Gasteiger partial charge >= 0.3 is 17.9 Å². The quantitative estimate of drug-likeness (QED) is 0.0841. The molecule has 0 saturated heterocycles. The number of aliphatic carboxylic acids is 1. The number of hydrogen-bond donors (Lipinski definition) is 3. The van der Waals surface area contributed by atoms with Gasteiger partial charge in [-0.1, -0.05) is 71.7 Å². The third-order valence-electron chi connectivity index (χ3n) is 9.90. The number of nitrogens with one attached hydrogen (secondary N) is 2. The first-order chi connectivity index (χ1) is 23.1. The van der Waals surface area contributed by atoms with Crippen LogP contribution in [0.5, 0.6) is 0 Å². The summed E-state index contributed by atoms with van der Waals surface area (Å²) in [4.78, 5) is 56.2. The molecule has 238 valence electrons. The van der Waals surface area contributed by atoms with E-state index in [0.717, 1.165) is 45.0 Å². The monoisotopic (exact) mass is 676 g/mol. The first kappa shape index (κ1) is 30.2. The summed E-state index contributed by atoms with van der Waals surface area (Å²) in [5.74, 6) is -2.21. The Balaban J connectivity index is 1.03. The van der Waals surface area contributed by atoms with Gasteiger partial charge in [0, 0.05) is 50.9 Å². The fourth-order valence-corrected chi connectivity index (χ4v) is 7.22. The first-order valence-corrected chi connectivity index (χ1v) is 16.2. The van der Waals surface area contributed by atoms with Crippen LogP contribution in [0, 0.1) is 0 Å². The smallest absolute Gasteiger partial charge is 0.347 e. The fraction of sp³-hybridized carbons (Fsp3) is 0.158. The molecule has 0 spiro atoms. The lowest BCUT2D eigenvalue weighted by Gasteiger charge is -2.15. The standard InChI is InChI=1S/C38H26Cl2N2O6/c39-30-15-32-27(22(19-43)17-41-32)13-25(30)20-3-7-24(8-4-20)38(11-12-38)36(47)48-34(44)29-18-42-33-16-31(40)26(14-28(29)33)21-1-5-23(6-2-21)37(9-10-37)35(45)46/h1-8,13-19,41-42H,9-12H2,(H,45,46). The Labute approximate surface area is 283 Å². The van der Waals surface area contributed by atoms with E-state index < -0.39 is 28.7 Å². The zero-order valence-corrected chi connectivity index (χ0v) is 26.7. The summed E-state index contributed by atoms with van der Waals surface area (Å²) >= 11 is 13.2. The number of hydrogen-bond acceptors (Lipinski definition) is 5. The van der Waals surface area contributed by atoms with Gasteiger partial charge in [0.1, 0.15) is 0 Å². The molecule has 0 aliphatic heterocycles. The van der Waals surface area contributed by atoms with Crippen molar-refractivity contribution in [2.45, 2.75) is 36.5 Å². The topological polar surface area (TPSA) is 129 Å². The maximum atomic E-state index is 13.5. The van der Waals surface area contributed by atoms with Gasteiger partial charge in [0.05, 0.1) is 26.4 Å². The average Bonchev–Trinajstić information content (AvgIpc) is 4.00. The van der Waals surface area contributed by atoms with Crippen LogP contribution in [0.1, 0.15) is 57.5 Å². The number of carbonyl (C=O) groups excluding carboxylic acids is 3. The number of aldehydes is 1. The van der Waals surface area contributed by atoms with Crippen molar-refractivity contribution in [2.24, 2.45) is 0 Å². The molecule has 2 aliphatic rings. The molecule has 2 heterocycles. The van der Waals surface area contributed by atoms with Gasteiger partial charge in [0.25, 0.3) is 0 Å². The predicted molar refractivity (Wildman–Crippen MR) is 183 cm³/mol. The molecule has 0 radical (unpaired) electrons. The van der Waals surface area contributed by atoms with Crippen LogP contribution in [-0.4, -0.2) is 39.3 Å². The molecule has 2 aliphatic carbocycles. The summed E-state index contributed by atoms with van der Waals surface area (Å²) in [6.45, 7) is 0. The van der Waals surface area contributed by atoms with Gasteiger partial charge in [-0.05, 0) is 72.2 Å². The van der Waals surface area contributed by atoms with Crippen molar-refractivity contribution >= 4 is 69.2 Å². The van der Waals surface area contributed by atoms with E-state index in [4.69, 9.17) is 27.9 Å². The lowest BCUT2D eigenvalue weighted by molar-refractivity contribution is -0.141. The molecule has 10 heteroatoms. The Morgan fingerprint density at radius 2 is 1.21 bits per heavy atom. The Bertz CT molecular complexity index is 2330. The second-order valence-electron chi connectivity index (χ2n) is 12.6. The molecule has 0 unspecified atom stereocenters. The largest absolute Gasteiger partial charge is 0.481 e. The molecule has 6 aromatic rings. The maximum Gasteiger partial charge on any atom is 0.347 e. The number of carbonyl (C=O) groups is 4. The van der Waals surface area contributed by atoms with Crippen LogP contribution in [-0.2, 0) is 25.2 Å². The van der Waals surface area contributed by atoms with Crippen LogP contribution in [0.3, 0.4) is 0 Å². The third kappa shape index (κ3) is 4.74. The molecule has 0 bridgehead atoms. The SMILES string of the molecule is O=Cc1c[nH]c2cc(Cl)c(-c3ccc(C4(C(=O)OC(=O)c5c[nH]c6cc(Cl)c(-c7ccc(C8(C(=O)O)CC8)cc7)cc56)CC4)cc3)cc12. The van der Waals surface area contributed by atoms with E-state index in [1.165, 1.54) is 6.20 Å². The Hall–Kier alpha value is -5.18. The molecule has 0 amide bonds. The highest BCUT2D eigenvalue weighted by molar-refractivity contribution is 6.35. The van der Waals surface area contributed by atoms with Crippen molar-refractivity contribution in [3.63, 3.8) is 0 Å². The van der Waals surface area contributed by atoms with E-state index in [0.29, 0.717) is 57.8 Å². The highest BCUT2D eigenvalue weighted by Gasteiger charge is 2.54. The fourth-order valence-electron chi connectivity index (χ4n) is 6.68. The van der Waals surface area contributed by atoms with Crippen LogP contribution < -0.4 is 0 Å². The van der Waals surface area contributed by atoms with Gasteiger partial charge in [0.15, 0.2) is 6.29 Å². The highest BCUT2D eigenvalue weighted by atomic mass is 35.5. The normalized spacial score (nSPS) is 15.7. The highest BCUT2D eigenvalue weighted by Crippen LogP contribution is 2.50. The summed E-state index contributed by atoms with van der Waals surface area (Å²) in [6, 6.07) is 21.8. The number of H-pyrrole nitrogens is 2. The van der Waals surface area contributed by atoms with Crippen molar-refractivity contribution in [2.75, 3.05) is 0 Å². The molecule has 2 aromatic heterocycles. The Morgan fingerprint density at radius 1 is 0.708 bits per heavy atom. The second kappa shape index (κ2) is 10.9. The molecule has 3 N–H and O–H groups in total. The lowest BCUT2D eigenvalue weighted by Crippen LogP contribution is -2.26. The molecule has 2 fully saturated rings. The minimum Gasteiger partial charge on any atom is -0.481 e. The Kier molecular flexibility index (Phi) is 6.87. The van der Waals surface area contributed by atoms with Crippen LogP contribution in [0.25, 0.3) is 44.1 Å². The van der Waals surface area contributed by atoms with Crippen molar-refractivity contribution in [3.05, 3.63) is 117 Å². The van der Waals surface area contributed by atoms with Gasteiger partial charge in [-0.3, -0.25) is 14.4 Å². The number of esters is 2. The molecule has 4 aromatic carbocycles. The number of carboxylic acid groups (broad SMARTS) is 1. The van der Waals surface area contributed by atoms with Crippen LogP contribution >= 0.6 is 23.2 Å². The molecule has 8 nitrogen and oxygen atoms in total. The first-order valence-electron chi connectivity index (χ1n) is 15.4. The molecule has 0 atom stereocenters. The van der Waals surface area contributed by atoms with E-state index >= 15 is 0 Å². The van der Waals surface area contributed by atoms with Gasteiger partial charge in [-0.25, -0.2) is 4.79 Å². The summed E-state index contributed by atoms with van der Waals surface area (Å²) in [6.07, 6.45) is 6.25. The zero-order valence-electron chi connectivity index (χ0n) is 25.2. The third-order valence-corrected chi connectivity index (χ3v) is 10.5. The van der Waals surface area contributed by atoms with E-state index in [1.54, 1.807) is 24.4 Å². The van der Waals surface area contributed by atoms with Crippen molar-refractivity contribution in [1.29, 1.82) is 0 Å². The molecule has 2 saturated carbocycles. The molecule has 8 rings (SSSR count). The van der Waals surface area contributed by atoms with E-state index in [9.17, 15) is 24.3 Å². The average molecular weight is 678 g/mol. The second-order valence-corrected chi connectivity index (χ2v) is 13.4. The minimum atomic E-state index is -0.926. The number of aromatic amines is 2. The summed E-state index contributed by atoms with van der Waals surface area (Å²) in [5.41, 5.74) is 4.86. The minimum absolute atomic E-state index is 0.200. The molecular formula is C38H26Cl2N2O6. The number of benzene rings is 4. The molecule has 48 heavy (non-hydrogen) atoms. The van der Waals surface area contributed by atoms with Crippen LogP contribution in [0.4, 0.5) is 0 Å². The van der Waals surface area contributed by atoms with Gasteiger partial charge in [-0.2, -0.15) is 0 Å². The number of ether oxygens (including phenoxy) is 1. The van der Waals surface area contributed by atoms with Crippen molar-refractivity contribution < 1.29 is 29.0 Å².